The standard InChI is InChI=1S/C19H21N3O3/c1-12(3-4-13-5-8-15(25-2)9-6-13)20-18(23)14-7-10-16-17(11-14)22-19(24)21-16/h5-12,14H,3-4H2,1-2H3,(H,20,23)(H,22,24). The van der Waals surface area contributed by atoms with Crippen molar-refractivity contribution in [1.82, 2.24) is 10.6 Å². The fourth-order valence-corrected chi connectivity index (χ4v) is 2.81. The normalized spacial score (nSPS) is 19.4. The largest absolute Gasteiger partial charge is 0.497 e. The van der Waals surface area contributed by atoms with Crippen molar-refractivity contribution in [2.24, 2.45) is 10.9 Å². The first-order valence-electron chi connectivity index (χ1n) is 8.28. The molecule has 0 aromatic heterocycles. The predicted octanol–water partition coefficient (Wildman–Crippen LogP) is 2.37. The highest BCUT2D eigenvalue weighted by Crippen LogP contribution is 2.18. The summed E-state index contributed by atoms with van der Waals surface area (Å²) in [5.74, 6) is 0.367. The Morgan fingerprint density at radius 3 is 2.84 bits per heavy atom. The first kappa shape index (κ1) is 17.0. The van der Waals surface area contributed by atoms with Crippen LogP contribution in [0, 0.1) is 5.92 Å². The number of nitrogens with one attached hydrogen (secondary N) is 2. The molecule has 1 heterocycles. The van der Waals surface area contributed by atoms with Crippen molar-refractivity contribution >= 4 is 17.6 Å². The van der Waals surface area contributed by atoms with E-state index < -0.39 is 5.92 Å². The number of ether oxygens (including phenoxy) is 1. The topological polar surface area (TPSA) is 79.8 Å². The zero-order valence-corrected chi connectivity index (χ0v) is 14.3. The monoisotopic (exact) mass is 339 g/mol. The van der Waals surface area contributed by atoms with Crippen LogP contribution in [0.3, 0.4) is 0 Å². The third-order valence-electron chi connectivity index (χ3n) is 4.26. The van der Waals surface area contributed by atoms with Gasteiger partial charge < -0.3 is 15.4 Å². The summed E-state index contributed by atoms with van der Waals surface area (Å²) in [7, 11) is 1.65. The maximum absolute atomic E-state index is 12.4. The van der Waals surface area contributed by atoms with Gasteiger partial charge in [0.1, 0.15) is 5.75 Å². The van der Waals surface area contributed by atoms with E-state index in [1.807, 2.05) is 31.2 Å². The van der Waals surface area contributed by atoms with Crippen LogP contribution in [0.15, 0.2) is 53.2 Å². The molecular formula is C19H21N3O3. The third-order valence-corrected chi connectivity index (χ3v) is 4.26. The molecule has 130 valence electrons. The molecule has 3 rings (SSSR count). The number of benzene rings is 1. The molecule has 6 heteroatoms. The van der Waals surface area contributed by atoms with Crippen LogP contribution in [-0.4, -0.2) is 30.8 Å². The van der Waals surface area contributed by atoms with Gasteiger partial charge in [-0.05, 0) is 49.6 Å². The van der Waals surface area contributed by atoms with Crippen LogP contribution < -0.4 is 15.4 Å². The number of rotatable bonds is 6. The van der Waals surface area contributed by atoms with E-state index >= 15 is 0 Å². The van der Waals surface area contributed by atoms with Gasteiger partial charge in [0.25, 0.3) is 0 Å². The average molecular weight is 339 g/mol. The predicted molar refractivity (Wildman–Crippen MR) is 95.6 cm³/mol. The maximum atomic E-state index is 12.4. The molecule has 0 fully saturated rings. The smallest absolute Gasteiger partial charge is 0.346 e. The molecule has 6 nitrogen and oxygen atoms in total. The number of methoxy groups -OCH3 is 1. The number of amides is 3. The Morgan fingerprint density at radius 1 is 1.36 bits per heavy atom. The Hall–Kier alpha value is -2.89. The number of aryl methyl sites for hydroxylation is 1. The minimum atomic E-state index is -0.393. The second-order valence-corrected chi connectivity index (χ2v) is 6.19. The summed E-state index contributed by atoms with van der Waals surface area (Å²) in [4.78, 5) is 27.5. The molecule has 3 amide bonds. The van der Waals surface area contributed by atoms with Crippen LogP contribution >= 0.6 is 0 Å². The molecule has 0 saturated heterocycles. The van der Waals surface area contributed by atoms with E-state index in [1.54, 1.807) is 25.3 Å². The zero-order chi connectivity index (χ0) is 17.8. The number of urea groups is 1. The molecule has 0 saturated carbocycles. The lowest BCUT2D eigenvalue weighted by atomic mass is 9.98. The number of nitrogens with zero attached hydrogens (tertiary/aromatic N) is 1. The van der Waals surface area contributed by atoms with Gasteiger partial charge in [0, 0.05) is 6.04 Å². The molecule has 1 aromatic carbocycles. The van der Waals surface area contributed by atoms with Crippen LogP contribution in [0.5, 0.6) is 5.75 Å². The van der Waals surface area contributed by atoms with Crippen molar-refractivity contribution in [3.8, 4) is 5.75 Å². The Kier molecular flexibility index (Phi) is 4.97. The summed E-state index contributed by atoms with van der Waals surface area (Å²) in [6.07, 6.45) is 6.91. The first-order valence-corrected chi connectivity index (χ1v) is 8.28. The summed E-state index contributed by atoms with van der Waals surface area (Å²) >= 11 is 0. The van der Waals surface area contributed by atoms with Crippen molar-refractivity contribution in [1.29, 1.82) is 0 Å². The molecule has 0 bridgehead atoms. The Bertz CT molecular complexity index is 763. The molecule has 2 atom stereocenters. The van der Waals surface area contributed by atoms with Gasteiger partial charge in [0.15, 0.2) is 0 Å². The second-order valence-electron chi connectivity index (χ2n) is 6.19. The van der Waals surface area contributed by atoms with Crippen molar-refractivity contribution in [3.05, 3.63) is 53.8 Å². The summed E-state index contributed by atoms with van der Waals surface area (Å²) in [5.41, 5.74) is 2.40. The van der Waals surface area contributed by atoms with Crippen molar-refractivity contribution < 1.29 is 14.3 Å². The van der Waals surface area contributed by atoms with E-state index in [1.165, 1.54) is 5.56 Å². The number of aliphatic imine (C=N–C) groups is 1. The van der Waals surface area contributed by atoms with E-state index in [-0.39, 0.29) is 18.0 Å². The number of carbonyl (C=O) groups is 2. The SMILES string of the molecule is COc1ccc(CCC(C)NC(=O)C2C=CC3=NC(=O)NC3=C2)cc1. The van der Waals surface area contributed by atoms with Crippen LogP contribution in [0.4, 0.5) is 4.79 Å². The highest BCUT2D eigenvalue weighted by atomic mass is 16.5. The van der Waals surface area contributed by atoms with Gasteiger partial charge in [-0.25, -0.2) is 4.79 Å². The zero-order valence-electron chi connectivity index (χ0n) is 14.3. The highest BCUT2D eigenvalue weighted by Gasteiger charge is 2.25. The molecule has 2 N–H and O–H groups in total. The van der Waals surface area contributed by atoms with E-state index in [4.69, 9.17) is 4.74 Å². The number of hydrogen-bond acceptors (Lipinski definition) is 3. The van der Waals surface area contributed by atoms with Gasteiger partial charge in [-0.3, -0.25) is 4.79 Å². The van der Waals surface area contributed by atoms with Crippen LogP contribution in [0.1, 0.15) is 18.9 Å². The molecule has 2 aliphatic rings. The molecule has 2 unspecified atom stereocenters. The molecule has 0 radical (unpaired) electrons. The van der Waals surface area contributed by atoms with Crippen LogP contribution in [0.2, 0.25) is 0 Å². The summed E-state index contributed by atoms with van der Waals surface area (Å²) in [6.45, 7) is 1.99. The maximum Gasteiger partial charge on any atom is 0.346 e. The Balaban J connectivity index is 1.50. The van der Waals surface area contributed by atoms with Gasteiger partial charge in [0.2, 0.25) is 5.91 Å². The van der Waals surface area contributed by atoms with Gasteiger partial charge in [0.05, 0.1) is 24.4 Å². The minimum absolute atomic E-state index is 0.0506. The van der Waals surface area contributed by atoms with Gasteiger partial charge in [-0.2, -0.15) is 4.99 Å². The molecule has 1 aliphatic carbocycles. The Morgan fingerprint density at radius 2 is 2.12 bits per heavy atom. The molecule has 25 heavy (non-hydrogen) atoms. The lowest BCUT2D eigenvalue weighted by Crippen LogP contribution is -2.37. The van der Waals surface area contributed by atoms with E-state index in [0.29, 0.717) is 11.4 Å². The van der Waals surface area contributed by atoms with E-state index in [9.17, 15) is 9.59 Å². The Labute approximate surface area is 146 Å². The summed E-state index contributed by atoms with van der Waals surface area (Å²) in [6, 6.07) is 7.60. The highest BCUT2D eigenvalue weighted by molar-refractivity contribution is 6.19. The lowest BCUT2D eigenvalue weighted by Gasteiger charge is -2.18. The number of hydrogen-bond donors (Lipinski definition) is 2. The van der Waals surface area contributed by atoms with Gasteiger partial charge in [-0.15, -0.1) is 0 Å². The number of fused-ring (bicyclic) bond motifs is 1. The van der Waals surface area contributed by atoms with Crippen LogP contribution in [-0.2, 0) is 11.2 Å². The van der Waals surface area contributed by atoms with E-state index in [2.05, 4.69) is 15.6 Å². The van der Waals surface area contributed by atoms with Crippen molar-refractivity contribution in [2.45, 2.75) is 25.8 Å². The summed E-state index contributed by atoms with van der Waals surface area (Å²) in [5, 5.41) is 5.65. The average Bonchev–Trinajstić information content (AvgIpc) is 2.99. The molecule has 1 aliphatic heterocycles. The third kappa shape index (κ3) is 4.15. The number of allylic oxidation sites excluding steroid dienone is 1. The minimum Gasteiger partial charge on any atom is -0.497 e. The van der Waals surface area contributed by atoms with Crippen LogP contribution in [0.25, 0.3) is 0 Å². The summed E-state index contributed by atoms with van der Waals surface area (Å²) < 4.78 is 5.15. The second kappa shape index (κ2) is 7.34. The van der Waals surface area contributed by atoms with Gasteiger partial charge in [-0.1, -0.05) is 18.2 Å². The van der Waals surface area contributed by atoms with Gasteiger partial charge >= 0.3 is 6.03 Å². The number of carbonyl (C=O) groups excluding carboxylic acids is 2. The van der Waals surface area contributed by atoms with E-state index in [0.717, 1.165) is 18.6 Å². The van der Waals surface area contributed by atoms with Crippen molar-refractivity contribution in [2.75, 3.05) is 7.11 Å². The molecule has 0 spiro atoms. The first-order chi connectivity index (χ1) is 12.0. The quantitative estimate of drug-likeness (QED) is 0.835. The fraction of sp³-hybridized carbons (Fsp3) is 0.316. The fourth-order valence-electron chi connectivity index (χ4n) is 2.81. The lowest BCUT2D eigenvalue weighted by molar-refractivity contribution is -0.123. The molecule has 1 aromatic rings. The molecular weight excluding hydrogens is 318 g/mol. The van der Waals surface area contributed by atoms with Crippen molar-refractivity contribution in [3.63, 3.8) is 0 Å².